The van der Waals surface area contributed by atoms with Gasteiger partial charge >= 0.3 is 11.8 Å². The quantitative estimate of drug-likeness (QED) is 0.592. The highest BCUT2D eigenvalue weighted by Crippen LogP contribution is 2.29. The van der Waals surface area contributed by atoms with E-state index in [1.165, 1.54) is 4.57 Å². The van der Waals surface area contributed by atoms with Crippen molar-refractivity contribution < 1.29 is 23.9 Å². The van der Waals surface area contributed by atoms with Crippen LogP contribution in [-0.4, -0.2) is 75.9 Å². The molecule has 1 unspecified atom stereocenters. The number of carbonyl (C=O) groups excluding carboxylic acids is 3. The molecule has 212 valence electrons. The predicted octanol–water partition coefficient (Wildman–Crippen LogP) is 2.70. The van der Waals surface area contributed by atoms with Crippen LogP contribution in [0.4, 0.5) is 10.5 Å². The Labute approximate surface area is 228 Å². The summed E-state index contributed by atoms with van der Waals surface area (Å²) in [6.07, 6.45) is 4.05. The third kappa shape index (κ3) is 5.83. The van der Waals surface area contributed by atoms with Crippen molar-refractivity contribution in [3.05, 3.63) is 28.7 Å². The van der Waals surface area contributed by atoms with Crippen LogP contribution < -0.4 is 15.9 Å². The maximum atomic E-state index is 13.1. The topological polar surface area (TPSA) is 115 Å². The Bertz CT molecular complexity index is 1310. The zero-order valence-corrected chi connectivity index (χ0v) is 23.3. The predicted molar refractivity (Wildman–Crippen MR) is 146 cm³/mol. The number of nitrogens with zero attached hydrogens (tertiary/aromatic N) is 4. The van der Waals surface area contributed by atoms with E-state index in [1.807, 2.05) is 39.0 Å². The standard InChI is InChI=1S/C28H39N5O6/c1-28(2,3)39-27(37)32-15-11-20(12-16-32)38-19-9-13-31(14-10-19)18-5-6-21-23(17-18)30(4)26(36)33(21)22-7-8-24(34)29-25(22)35/h5-6,17,19-20,22H,7-16H2,1-4H3,(H,29,34,35). The molecule has 1 aromatic heterocycles. The molecule has 3 aliphatic rings. The minimum atomic E-state index is -0.686. The lowest BCUT2D eigenvalue weighted by Gasteiger charge is -2.38. The van der Waals surface area contributed by atoms with Crippen molar-refractivity contribution in [2.75, 3.05) is 31.1 Å². The summed E-state index contributed by atoms with van der Waals surface area (Å²) in [5.74, 6) is -0.729. The first-order valence-corrected chi connectivity index (χ1v) is 13.9. The van der Waals surface area contributed by atoms with E-state index < -0.39 is 17.6 Å². The number of hydrogen-bond donors (Lipinski definition) is 1. The van der Waals surface area contributed by atoms with Gasteiger partial charge in [0.05, 0.1) is 23.2 Å². The highest BCUT2D eigenvalue weighted by Gasteiger charge is 2.32. The first-order valence-electron chi connectivity index (χ1n) is 13.9. The van der Waals surface area contributed by atoms with Crippen LogP contribution in [0.5, 0.6) is 0 Å². The van der Waals surface area contributed by atoms with Crippen molar-refractivity contribution >= 4 is 34.6 Å². The maximum absolute atomic E-state index is 13.1. The number of anilines is 1. The number of hydrogen-bond acceptors (Lipinski definition) is 7. The van der Waals surface area contributed by atoms with Crippen LogP contribution in [0, 0.1) is 0 Å². The van der Waals surface area contributed by atoms with E-state index in [-0.39, 0.29) is 36.3 Å². The zero-order chi connectivity index (χ0) is 27.9. The van der Waals surface area contributed by atoms with Crippen LogP contribution in [0.15, 0.2) is 23.0 Å². The molecule has 11 heteroatoms. The van der Waals surface area contributed by atoms with Crippen molar-refractivity contribution in [3.8, 4) is 0 Å². The largest absolute Gasteiger partial charge is 0.444 e. The Balaban J connectivity index is 1.17. The summed E-state index contributed by atoms with van der Waals surface area (Å²) in [5, 5.41) is 2.35. The number of aromatic nitrogens is 2. The van der Waals surface area contributed by atoms with Gasteiger partial charge in [-0.05, 0) is 71.1 Å². The minimum Gasteiger partial charge on any atom is -0.444 e. The summed E-state index contributed by atoms with van der Waals surface area (Å²) in [6, 6.07) is 5.22. The van der Waals surface area contributed by atoms with Gasteiger partial charge in [-0.3, -0.25) is 24.0 Å². The first kappa shape index (κ1) is 27.2. The van der Waals surface area contributed by atoms with Gasteiger partial charge in [0, 0.05) is 45.3 Å². The van der Waals surface area contributed by atoms with E-state index >= 15 is 0 Å². The molecule has 39 heavy (non-hydrogen) atoms. The number of aryl methyl sites for hydroxylation is 1. The number of likely N-dealkylation sites (tertiary alicyclic amines) is 1. The monoisotopic (exact) mass is 541 g/mol. The number of piperidine rings is 3. The van der Waals surface area contributed by atoms with Gasteiger partial charge in [-0.2, -0.15) is 0 Å². The van der Waals surface area contributed by atoms with E-state index in [2.05, 4.69) is 10.2 Å². The fraction of sp³-hybridized carbons (Fsp3) is 0.643. The van der Waals surface area contributed by atoms with Gasteiger partial charge in [0.2, 0.25) is 11.8 Å². The number of imidazole rings is 1. The Morgan fingerprint density at radius 2 is 1.56 bits per heavy atom. The number of carbonyl (C=O) groups is 3. The number of fused-ring (bicyclic) bond motifs is 1. The summed E-state index contributed by atoms with van der Waals surface area (Å²) in [4.78, 5) is 53.5. The Kier molecular flexibility index (Phi) is 7.45. The van der Waals surface area contributed by atoms with Crippen LogP contribution in [0.2, 0.25) is 0 Å². The highest BCUT2D eigenvalue weighted by molar-refractivity contribution is 6.00. The van der Waals surface area contributed by atoms with Crippen LogP contribution in [-0.2, 0) is 26.1 Å². The van der Waals surface area contributed by atoms with Gasteiger partial charge in [0.25, 0.3) is 0 Å². The van der Waals surface area contributed by atoms with Gasteiger partial charge in [0.15, 0.2) is 0 Å². The number of imide groups is 1. The van der Waals surface area contributed by atoms with E-state index in [0.717, 1.165) is 50.0 Å². The van der Waals surface area contributed by atoms with Crippen LogP contribution in [0.3, 0.4) is 0 Å². The summed E-state index contributed by atoms with van der Waals surface area (Å²) in [5.41, 5.74) is 1.73. The third-order valence-corrected chi connectivity index (χ3v) is 7.88. The molecule has 3 saturated heterocycles. The molecule has 0 spiro atoms. The molecule has 0 saturated carbocycles. The first-order chi connectivity index (χ1) is 18.5. The Morgan fingerprint density at radius 3 is 2.18 bits per heavy atom. The SMILES string of the molecule is Cn1c(=O)n(C2CCC(=O)NC2=O)c2ccc(N3CCC(OC4CCN(C(=O)OC(C)(C)C)CC4)CC3)cc21. The van der Waals surface area contributed by atoms with Crippen LogP contribution >= 0.6 is 0 Å². The summed E-state index contributed by atoms with van der Waals surface area (Å²) in [6.45, 7) is 8.62. The minimum absolute atomic E-state index is 0.151. The van der Waals surface area contributed by atoms with Crippen LogP contribution in [0.25, 0.3) is 11.0 Å². The molecule has 3 fully saturated rings. The van der Waals surface area contributed by atoms with E-state index in [0.29, 0.717) is 25.0 Å². The summed E-state index contributed by atoms with van der Waals surface area (Å²) in [7, 11) is 1.71. The van der Waals surface area contributed by atoms with Gasteiger partial charge in [-0.1, -0.05) is 0 Å². The van der Waals surface area contributed by atoms with Crippen molar-refractivity contribution in [2.45, 2.75) is 83.1 Å². The Morgan fingerprint density at radius 1 is 0.923 bits per heavy atom. The summed E-state index contributed by atoms with van der Waals surface area (Å²) >= 11 is 0. The molecule has 0 aliphatic carbocycles. The molecule has 4 heterocycles. The summed E-state index contributed by atoms with van der Waals surface area (Å²) < 4.78 is 15.0. The van der Waals surface area contributed by atoms with Crippen LogP contribution in [0.1, 0.15) is 65.3 Å². The average Bonchev–Trinajstić information content (AvgIpc) is 3.13. The van der Waals surface area contributed by atoms with Gasteiger partial charge in [-0.15, -0.1) is 0 Å². The molecule has 3 aliphatic heterocycles. The molecule has 3 amide bonds. The lowest BCUT2D eigenvalue weighted by Crippen LogP contribution is -2.45. The molecular weight excluding hydrogens is 502 g/mol. The number of benzene rings is 1. The third-order valence-electron chi connectivity index (χ3n) is 7.88. The highest BCUT2D eigenvalue weighted by atomic mass is 16.6. The second-order valence-corrected chi connectivity index (χ2v) is 11.8. The van der Waals surface area contributed by atoms with Crippen molar-refractivity contribution in [1.82, 2.24) is 19.4 Å². The Hall–Kier alpha value is -3.34. The number of ether oxygens (including phenoxy) is 2. The lowest BCUT2D eigenvalue weighted by molar-refractivity contribution is -0.135. The fourth-order valence-corrected chi connectivity index (χ4v) is 5.80. The lowest BCUT2D eigenvalue weighted by atomic mass is 10.0. The molecule has 11 nitrogen and oxygen atoms in total. The molecule has 1 atom stereocenters. The average molecular weight is 542 g/mol. The second-order valence-electron chi connectivity index (χ2n) is 11.8. The van der Waals surface area contributed by atoms with E-state index in [1.54, 1.807) is 16.5 Å². The smallest absolute Gasteiger partial charge is 0.410 e. The zero-order valence-electron chi connectivity index (χ0n) is 23.3. The number of nitrogens with one attached hydrogen (secondary N) is 1. The van der Waals surface area contributed by atoms with Gasteiger partial charge in [0.1, 0.15) is 11.6 Å². The molecule has 1 aromatic carbocycles. The van der Waals surface area contributed by atoms with E-state index in [4.69, 9.17) is 9.47 Å². The van der Waals surface area contributed by atoms with Gasteiger partial charge < -0.3 is 19.3 Å². The van der Waals surface area contributed by atoms with Crippen molar-refractivity contribution in [3.63, 3.8) is 0 Å². The maximum Gasteiger partial charge on any atom is 0.410 e. The van der Waals surface area contributed by atoms with Gasteiger partial charge in [-0.25, -0.2) is 9.59 Å². The number of rotatable bonds is 4. The molecule has 0 radical (unpaired) electrons. The van der Waals surface area contributed by atoms with E-state index in [9.17, 15) is 19.2 Å². The molecular formula is C28H39N5O6. The second kappa shape index (κ2) is 10.7. The molecule has 2 aromatic rings. The number of amides is 3. The molecule has 5 rings (SSSR count). The normalized spacial score (nSPS) is 21.9. The fourth-order valence-electron chi connectivity index (χ4n) is 5.80. The van der Waals surface area contributed by atoms with Crippen molar-refractivity contribution in [2.24, 2.45) is 7.05 Å². The molecule has 0 bridgehead atoms. The molecule has 1 N–H and O–H groups in total. The van der Waals surface area contributed by atoms with Crippen molar-refractivity contribution in [1.29, 1.82) is 0 Å².